The lowest BCUT2D eigenvalue weighted by Gasteiger charge is -2.39. The lowest BCUT2D eigenvalue weighted by molar-refractivity contribution is -0.138. The highest BCUT2D eigenvalue weighted by Crippen LogP contribution is 2.44. The van der Waals surface area contributed by atoms with Crippen LogP contribution in [-0.2, 0) is 11.2 Å². The Morgan fingerprint density at radius 1 is 1.25 bits per heavy atom. The molecule has 0 heterocycles. The molecule has 1 saturated carbocycles. The first-order valence-corrected chi connectivity index (χ1v) is 7.33. The Morgan fingerprint density at radius 2 is 1.95 bits per heavy atom. The molecule has 0 amide bonds. The number of hydrogen-bond donors (Lipinski definition) is 0. The topological polar surface area (TPSA) is 40.9 Å². The van der Waals surface area contributed by atoms with E-state index in [-0.39, 0.29) is 11.2 Å². The minimum Gasteiger partial charge on any atom is -0.297 e. The molecule has 1 aliphatic carbocycles. The number of rotatable bonds is 2. The van der Waals surface area contributed by atoms with Crippen molar-refractivity contribution < 1.29 is 4.79 Å². The van der Waals surface area contributed by atoms with Crippen LogP contribution in [0.2, 0.25) is 0 Å². The summed E-state index contributed by atoms with van der Waals surface area (Å²) >= 11 is 0. The van der Waals surface area contributed by atoms with E-state index in [1.54, 1.807) is 0 Å². The van der Waals surface area contributed by atoms with Crippen molar-refractivity contribution in [3.63, 3.8) is 0 Å². The summed E-state index contributed by atoms with van der Waals surface area (Å²) < 4.78 is 0. The first kappa shape index (κ1) is 14.8. The number of hydrogen-bond acceptors (Lipinski definition) is 2. The number of carbonyl (C=O) groups excluding carboxylic acids is 1. The van der Waals surface area contributed by atoms with Crippen LogP contribution in [-0.4, -0.2) is 5.78 Å². The van der Waals surface area contributed by atoms with Gasteiger partial charge < -0.3 is 0 Å². The summed E-state index contributed by atoms with van der Waals surface area (Å²) in [7, 11) is 0. The van der Waals surface area contributed by atoms with E-state index in [9.17, 15) is 10.1 Å². The Kier molecular flexibility index (Phi) is 3.73. The van der Waals surface area contributed by atoms with Gasteiger partial charge in [0.15, 0.2) is 5.78 Å². The average molecular weight is 269 g/mol. The quantitative estimate of drug-likeness (QED) is 0.809. The maximum absolute atomic E-state index is 12.8. The van der Waals surface area contributed by atoms with Gasteiger partial charge in [0.2, 0.25) is 0 Å². The molecule has 1 aromatic rings. The molecule has 0 saturated heterocycles. The van der Waals surface area contributed by atoms with Gasteiger partial charge in [0.1, 0.15) is 5.41 Å². The third-order valence-corrected chi connectivity index (χ3v) is 4.67. The van der Waals surface area contributed by atoms with Gasteiger partial charge in [0.25, 0.3) is 0 Å². The third-order valence-electron chi connectivity index (χ3n) is 4.67. The highest BCUT2D eigenvalue weighted by atomic mass is 16.1. The Labute approximate surface area is 121 Å². The van der Waals surface area contributed by atoms with Gasteiger partial charge in [-0.1, -0.05) is 44.0 Å². The van der Waals surface area contributed by atoms with Crippen LogP contribution in [0.25, 0.3) is 0 Å². The molecule has 0 aromatic heterocycles. The first-order chi connectivity index (χ1) is 9.31. The minimum atomic E-state index is -0.833. The Morgan fingerprint density at radius 3 is 2.60 bits per heavy atom. The number of aryl methyl sites for hydroxylation is 2. The summed E-state index contributed by atoms with van der Waals surface area (Å²) in [5.41, 5.74) is 2.28. The molecule has 0 spiro atoms. The lowest BCUT2D eigenvalue weighted by atomic mass is 9.61. The van der Waals surface area contributed by atoms with E-state index in [0.29, 0.717) is 12.8 Å². The molecule has 2 heteroatoms. The van der Waals surface area contributed by atoms with Crippen LogP contribution in [0.5, 0.6) is 0 Å². The fourth-order valence-electron chi connectivity index (χ4n) is 3.34. The average Bonchev–Trinajstić information content (AvgIpc) is 2.39. The Balaban J connectivity index is 2.40. The van der Waals surface area contributed by atoms with Gasteiger partial charge in [-0.15, -0.1) is 0 Å². The molecular formula is C18H23NO. The van der Waals surface area contributed by atoms with Gasteiger partial charge in [-0.05, 0) is 44.2 Å². The van der Waals surface area contributed by atoms with Crippen molar-refractivity contribution in [2.75, 3.05) is 0 Å². The molecule has 1 atom stereocenters. The Bertz CT molecular complexity index is 580. The predicted molar refractivity (Wildman–Crippen MR) is 80.3 cm³/mol. The highest BCUT2D eigenvalue weighted by molar-refractivity contribution is 5.93. The second-order valence-electron chi connectivity index (χ2n) is 6.87. The molecule has 1 fully saturated rings. The number of Topliss-reactive ketones (excluding diaryl/α,β-unsaturated/α-hetero) is 1. The molecule has 20 heavy (non-hydrogen) atoms. The van der Waals surface area contributed by atoms with Gasteiger partial charge >= 0.3 is 0 Å². The fourth-order valence-corrected chi connectivity index (χ4v) is 3.34. The summed E-state index contributed by atoms with van der Waals surface area (Å²) in [6.45, 7) is 8.06. The highest BCUT2D eigenvalue weighted by Gasteiger charge is 2.49. The second kappa shape index (κ2) is 5.05. The van der Waals surface area contributed by atoms with Crippen molar-refractivity contribution in [3.8, 4) is 6.07 Å². The molecule has 1 aromatic carbocycles. The summed E-state index contributed by atoms with van der Waals surface area (Å²) in [6, 6.07) is 8.63. The van der Waals surface area contributed by atoms with E-state index in [1.807, 2.05) is 13.8 Å². The maximum Gasteiger partial charge on any atom is 0.158 e. The minimum absolute atomic E-state index is 0.125. The number of carbonyl (C=O) groups is 1. The number of nitriles is 1. The Hall–Kier alpha value is -1.62. The van der Waals surface area contributed by atoms with Crippen LogP contribution in [0.3, 0.4) is 0 Å². The molecule has 1 unspecified atom stereocenters. The van der Waals surface area contributed by atoms with E-state index in [1.165, 1.54) is 11.1 Å². The molecule has 0 bridgehead atoms. The van der Waals surface area contributed by atoms with E-state index >= 15 is 0 Å². The zero-order valence-electron chi connectivity index (χ0n) is 12.9. The van der Waals surface area contributed by atoms with Crippen LogP contribution in [0.15, 0.2) is 18.2 Å². The normalized spacial score (nSPS) is 25.2. The van der Waals surface area contributed by atoms with Crippen molar-refractivity contribution in [2.45, 2.75) is 53.4 Å². The SMILES string of the molecule is Cc1ccc(C)c(CC2(C#N)CCCC(C)(C)C2=O)c1. The van der Waals surface area contributed by atoms with Crippen molar-refractivity contribution in [1.82, 2.24) is 0 Å². The summed E-state index contributed by atoms with van der Waals surface area (Å²) in [6.07, 6.45) is 3.09. The molecule has 1 aliphatic rings. The standard InChI is InChI=1S/C18H23NO/c1-13-6-7-14(2)15(10-13)11-18(12-19)9-5-8-17(3,4)16(18)20/h6-7,10H,5,8-9,11H2,1-4H3. The number of benzene rings is 1. The predicted octanol–water partition coefficient (Wildman–Crippen LogP) is 4.14. The van der Waals surface area contributed by atoms with Crippen LogP contribution in [0.4, 0.5) is 0 Å². The second-order valence-corrected chi connectivity index (χ2v) is 6.87. The van der Waals surface area contributed by atoms with Crippen LogP contribution in [0.1, 0.15) is 49.8 Å². The molecule has 0 aliphatic heterocycles. The van der Waals surface area contributed by atoms with Gasteiger partial charge in [-0.2, -0.15) is 5.26 Å². The largest absolute Gasteiger partial charge is 0.297 e. The molecule has 106 valence electrons. The third kappa shape index (κ3) is 2.50. The van der Waals surface area contributed by atoms with Crippen molar-refractivity contribution >= 4 is 5.78 Å². The molecular weight excluding hydrogens is 246 g/mol. The van der Waals surface area contributed by atoms with Gasteiger partial charge in [-0.25, -0.2) is 0 Å². The molecule has 2 nitrogen and oxygen atoms in total. The van der Waals surface area contributed by atoms with E-state index in [0.717, 1.165) is 18.4 Å². The zero-order chi connectivity index (χ0) is 15.0. The van der Waals surface area contributed by atoms with Crippen molar-refractivity contribution in [1.29, 1.82) is 5.26 Å². The summed E-state index contributed by atoms with van der Waals surface area (Å²) in [5, 5.41) is 9.69. The van der Waals surface area contributed by atoms with Crippen molar-refractivity contribution in [3.05, 3.63) is 34.9 Å². The lowest BCUT2D eigenvalue weighted by Crippen LogP contribution is -2.45. The van der Waals surface area contributed by atoms with Crippen molar-refractivity contribution in [2.24, 2.45) is 10.8 Å². The van der Waals surface area contributed by atoms with Crippen LogP contribution < -0.4 is 0 Å². The van der Waals surface area contributed by atoms with E-state index in [4.69, 9.17) is 0 Å². The zero-order valence-corrected chi connectivity index (χ0v) is 12.9. The molecule has 0 N–H and O–H groups in total. The van der Waals surface area contributed by atoms with Gasteiger partial charge in [0.05, 0.1) is 6.07 Å². The fraction of sp³-hybridized carbons (Fsp3) is 0.556. The first-order valence-electron chi connectivity index (χ1n) is 7.33. The number of ketones is 1. The van der Waals surface area contributed by atoms with Gasteiger partial charge in [0, 0.05) is 5.41 Å². The van der Waals surface area contributed by atoms with E-state index < -0.39 is 5.41 Å². The van der Waals surface area contributed by atoms with Gasteiger partial charge in [-0.3, -0.25) is 4.79 Å². The summed E-state index contributed by atoms with van der Waals surface area (Å²) in [5.74, 6) is 0.125. The van der Waals surface area contributed by atoms with Crippen LogP contribution in [0, 0.1) is 36.0 Å². The maximum atomic E-state index is 12.8. The smallest absolute Gasteiger partial charge is 0.158 e. The van der Waals surface area contributed by atoms with Crippen LogP contribution >= 0.6 is 0 Å². The summed E-state index contributed by atoms with van der Waals surface area (Å²) in [4.78, 5) is 12.8. The number of nitrogens with zero attached hydrogens (tertiary/aromatic N) is 1. The van der Waals surface area contributed by atoms with E-state index in [2.05, 4.69) is 38.1 Å². The molecule has 0 radical (unpaired) electrons. The monoisotopic (exact) mass is 269 g/mol. The molecule has 2 rings (SSSR count).